The van der Waals surface area contributed by atoms with Gasteiger partial charge in [-0.3, -0.25) is 4.79 Å². The van der Waals surface area contributed by atoms with Gasteiger partial charge in [0, 0.05) is 6.07 Å². The van der Waals surface area contributed by atoms with Crippen molar-refractivity contribution >= 4 is 45.7 Å². The lowest BCUT2D eigenvalue weighted by molar-refractivity contribution is 0.0601. The van der Waals surface area contributed by atoms with Gasteiger partial charge in [-0.25, -0.2) is 4.79 Å². The fraction of sp³-hybridized carbons (Fsp3) is 0.0625. The van der Waals surface area contributed by atoms with Crippen molar-refractivity contribution < 1.29 is 18.7 Å². The van der Waals surface area contributed by atoms with Crippen LogP contribution >= 0.6 is 12.2 Å². The molecule has 0 saturated heterocycles. The van der Waals surface area contributed by atoms with Gasteiger partial charge in [-0.05, 0) is 42.5 Å². The Balaban J connectivity index is 2.28. The van der Waals surface area contributed by atoms with Crippen LogP contribution in [-0.2, 0) is 4.74 Å². The van der Waals surface area contributed by atoms with Crippen molar-refractivity contribution in [3.8, 4) is 5.75 Å². The van der Waals surface area contributed by atoms with E-state index < -0.39 is 5.97 Å². The summed E-state index contributed by atoms with van der Waals surface area (Å²) in [5, 5.41) is 0.713. The minimum atomic E-state index is -0.508. The van der Waals surface area contributed by atoms with Crippen molar-refractivity contribution in [1.82, 2.24) is 0 Å². The number of rotatable bonds is 3. The molecular weight excluding hydrogens is 304 g/mol. The lowest BCUT2D eigenvalue weighted by atomic mass is 10.1. The zero-order chi connectivity index (χ0) is 15.7. The molecule has 0 spiro atoms. The number of carbonyl (C=O) groups is 1. The summed E-state index contributed by atoms with van der Waals surface area (Å²) in [5.74, 6) is -0.0256. The number of carbonyl (C=O) groups excluding carboxylic acids is 1. The molecule has 0 aliphatic heterocycles. The van der Waals surface area contributed by atoms with E-state index in [0.29, 0.717) is 33.3 Å². The molecule has 5 nitrogen and oxygen atoms in total. The van der Waals surface area contributed by atoms with E-state index in [1.165, 1.54) is 13.2 Å². The Kier molecular flexibility index (Phi) is 3.60. The summed E-state index contributed by atoms with van der Waals surface area (Å²) >= 11 is 4.63. The van der Waals surface area contributed by atoms with Gasteiger partial charge in [0.05, 0.1) is 23.4 Å². The highest BCUT2D eigenvalue weighted by Gasteiger charge is 2.12. The summed E-state index contributed by atoms with van der Waals surface area (Å²) in [5.41, 5.74) is 1.96. The van der Waals surface area contributed by atoms with Crippen LogP contribution in [0.4, 0.5) is 0 Å². The zero-order valence-electron chi connectivity index (χ0n) is 11.5. The van der Waals surface area contributed by atoms with Crippen LogP contribution in [0.15, 0.2) is 45.6 Å². The molecule has 1 heterocycles. The highest BCUT2D eigenvalue weighted by molar-refractivity contribution is 7.78. The first-order chi connectivity index (χ1) is 10.6. The second-order valence-electron chi connectivity index (χ2n) is 4.51. The van der Waals surface area contributed by atoms with E-state index in [2.05, 4.69) is 17.0 Å². The Morgan fingerprint density at radius 1 is 1.14 bits per heavy atom. The number of methoxy groups -OCH3 is 1. The third-order valence-corrected chi connectivity index (χ3v) is 3.34. The maximum Gasteiger partial charge on any atom is 0.337 e. The molecule has 3 aromatic rings. The van der Waals surface area contributed by atoms with Gasteiger partial charge in [0.1, 0.15) is 16.9 Å². The molecule has 0 saturated carbocycles. The normalized spacial score (nSPS) is 10.6. The quantitative estimate of drug-likeness (QED) is 0.420. The number of hydrogen-bond donors (Lipinski definition) is 0. The number of fused-ring (bicyclic) bond motifs is 2. The molecule has 2 aromatic carbocycles. The molecule has 0 bridgehead atoms. The molecule has 0 amide bonds. The molecule has 0 aliphatic rings. The predicted octanol–water partition coefficient (Wildman–Crippen LogP) is 3.07. The summed E-state index contributed by atoms with van der Waals surface area (Å²) in [6.45, 7) is 0. The van der Waals surface area contributed by atoms with Gasteiger partial charge in [0.2, 0.25) is 5.43 Å². The van der Waals surface area contributed by atoms with Crippen LogP contribution in [-0.4, -0.2) is 18.6 Å². The smallest absolute Gasteiger partial charge is 0.337 e. The van der Waals surface area contributed by atoms with Crippen molar-refractivity contribution in [3.63, 3.8) is 0 Å². The summed E-state index contributed by atoms with van der Waals surface area (Å²) in [6.07, 6.45) is 0. The first-order valence-corrected chi connectivity index (χ1v) is 6.80. The highest BCUT2D eigenvalue weighted by atomic mass is 32.1. The molecule has 0 radical (unpaired) electrons. The Morgan fingerprint density at radius 3 is 2.68 bits per heavy atom. The van der Waals surface area contributed by atoms with Crippen LogP contribution < -0.4 is 10.2 Å². The minimum absolute atomic E-state index is 0.226. The standard InChI is InChI=1S/C16H10O5S/c1-19-16(18)9-2-5-13-12(6-9)15(17)11-4-3-10(20-8-22)7-14(11)21-13/h2-8H,1H3. The number of hydrogen-bond acceptors (Lipinski definition) is 6. The van der Waals surface area contributed by atoms with E-state index >= 15 is 0 Å². The molecule has 110 valence electrons. The second-order valence-corrected chi connectivity index (χ2v) is 4.70. The Morgan fingerprint density at radius 2 is 1.95 bits per heavy atom. The van der Waals surface area contributed by atoms with E-state index in [-0.39, 0.29) is 5.43 Å². The molecular formula is C16H10O5S. The van der Waals surface area contributed by atoms with Crippen LogP contribution in [0, 0.1) is 0 Å². The predicted molar refractivity (Wildman–Crippen MR) is 85.6 cm³/mol. The van der Waals surface area contributed by atoms with Gasteiger partial charge in [-0.2, -0.15) is 0 Å². The van der Waals surface area contributed by atoms with Crippen molar-refractivity contribution in [2.24, 2.45) is 0 Å². The van der Waals surface area contributed by atoms with Crippen LogP contribution in [0.1, 0.15) is 10.4 Å². The first kappa shape index (κ1) is 14.2. The summed E-state index contributed by atoms with van der Waals surface area (Å²) in [4.78, 5) is 24.1. The Hall–Kier alpha value is -2.73. The monoisotopic (exact) mass is 314 g/mol. The Labute approximate surface area is 130 Å². The second kappa shape index (κ2) is 5.57. The topological polar surface area (TPSA) is 65.7 Å². The minimum Gasteiger partial charge on any atom is -0.465 e. The van der Waals surface area contributed by atoms with Crippen LogP contribution in [0.5, 0.6) is 5.75 Å². The maximum absolute atomic E-state index is 12.5. The van der Waals surface area contributed by atoms with Gasteiger partial charge in [0.25, 0.3) is 0 Å². The molecule has 0 aliphatic carbocycles. The van der Waals surface area contributed by atoms with Gasteiger partial charge in [-0.15, -0.1) is 0 Å². The van der Waals surface area contributed by atoms with E-state index in [9.17, 15) is 9.59 Å². The third kappa shape index (κ3) is 2.33. The average Bonchev–Trinajstić information content (AvgIpc) is 2.54. The summed E-state index contributed by atoms with van der Waals surface area (Å²) in [6, 6.07) is 9.38. The van der Waals surface area contributed by atoms with E-state index in [1.54, 1.807) is 30.3 Å². The fourth-order valence-electron chi connectivity index (χ4n) is 2.21. The SMILES string of the molecule is COC(=O)c1ccc2oc3cc(OC=S)ccc3c(=O)c2c1. The maximum atomic E-state index is 12.5. The third-order valence-electron chi connectivity index (χ3n) is 3.25. The molecule has 0 unspecified atom stereocenters. The van der Waals surface area contributed by atoms with Crippen molar-refractivity contribution in [2.45, 2.75) is 0 Å². The van der Waals surface area contributed by atoms with Gasteiger partial charge in [-0.1, -0.05) is 0 Å². The zero-order valence-corrected chi connectivity index (χ0v) is 12.3. The first-order valence-electron chi connectivity index (χ1n) is 6.33. The molecule has 0 N–H and O–H groups in total. The van der Waals surface area contributed by atoms with Gasteiger partial charge in [0.15, 0.2) is 5.55 Å². The highest BCUT2D eigenvalue weighted by Crippen LogP contribution is 2.23. The van der Waals surface area contributed by atoms with Crippen molar-refractivity contribution in [3.05, 3.63) is 52.2 Å². The van der Waals surface area contributed by atoms with Crippen LogP contribution in [0.3, 0.4) is 0 Å². The number of ether oxygens (including phenoxy) is 2. The molecule has 3 rings (SSSR count). The fourth-order valence-corrected chi connectivity index (χ4v) is 2.32. The van der Waals surface area contributed by atoms with Crippen LogP contribution in [0.25, 0.3) is 21.9 Å². The van der Waals surface area contributed by atoms with Crippen molar-refractivity contribution in [1.29, 1.82) is 0 Å². The Bertz CT molecular complexity index is 958. The summed E-state index contributed by atoms with van der Waals surface area (Å²) < 4.78 is 15.5. The molecule has 6 heteroatoms. The molecule has 22 heavy (non-hydrogen) atoms. The van der Waals surface area contributed by atoms with Gasteiger partial charge < -0.3 is 13.9 Å². The van der Waals surface area contributed by atoms with Crippen molar-refractivity contribution in [2.75, 3.05) is 7.11 Å². The number of benzene rings is 2. The molecule has 0 fully saturated rings. The lowest BCUT2D eigenvalue weighted by Gasteiger charge is -2.05. The lowest BCUT2D eigenvalue weighted by Crippen LogP contribution is -2.06. The van der Waals surface area contributed by atoms with Gasteiger partial charge >= 0.3 is 5.97 Å². The van der Waals surface area contributed by atoms with Crippen LogP contribution in [0.2, 0.25) is 0 Å². The number of thiocarbonyl (C=S) groups is 1. The van der Waals surface area contributed by atoms with E-state index in [4.69, 9.17) is 9.15 Å². The average molecular weight is 314 g/mol. The summed E-state index contributed by atoms with van der Waals surface area (Å²) in [7, 11) is 1.28. The molecule has 1 aromatic heterocycles. The van der Waals surface area contributed by atoms with E-state index in [0.717, 1.165) is 5.55 Å². The molecule has 0 atom stereocenters. The van der Waals surface area contributed by atoms with E-state index in [1.807, 2.05) is 0 Å². The largest absolute Gasteiger partial charge is 0.465 e. The number of esters is 1.